The average molecular weight is 392 g/mol. The van der Waals surface area contributed by atoms with Gasteiger partial charge in [0.1, 0.15) is 4.70 Å². The van der Waals surface area contributed by atoms with Gasteiger partial charge in [0.2, 0.25) is 0 Å². The van der Waals surface area contributed by atoms with E-state index in [1.165, 1.54) is 44.0 Å². The molecule has 26 heavy (non-hydrogen) atoms. The van der Waals surface area contributed by atoms with Gasteiger partial charge in [0.25, 0.3) is 0 Å². The number of benzene rings is 2. The Bertz CT molecular complexity index is 1410. The minimum absolute atomic E-state index is 0.0189. The van der Waals surface area contributed by atoms with E-state index < -0.39 is 0 Å². The fraction of sp³-hybridized carbons (Fsp3) is 0.0909. The Balaban J connectivity index is 1.83. The lowest BCUT2D eigenvalue weighted by atomic mass is 10.2. The minimum Gasteiger partial charge on any atom is -0.463 e. The molecule has 0 saturated carbocycles. The maximum atomic E-state index is 5.78. The van der Waals surface area contributed by atoms with Gasteiger partial charge in [-0.2, -0.15) is 0 Å². The molecule has 0 saturated heterocycles. The number of thiophene rings is 3. The topological polar surface area (TPSA) is 13.1 Å². The zero-order valence-electron chi connectivity index (χ0n) is 14.1. The van der Waals surface area contributed by atoms with Gasteiger partial charge in [-0.3, -0.25) is 0 Å². The van der Waals surface area contributed by atoms with Crippen molar-refractivity contribution in [1.29, 1.82) is 0 Å². The Labute approximate surface area is 161 Å². The summed E-state index contributed by atoms with van der Waals surface area (Å²) < 4.78 is 12.8. The van der Waals surface area contributed by atoms with Gasteiger partial charge < -0.3 is 4.42 Å². The molecule has 2 aromatic carbocycles. The van der Waals surface area contributed by atoms with Gasteiger partial charge in [-0.25, -0.2) is 0 Å². The van der Waals surface area contributed by atoms with E-state index in [9.17, 15) is 0 Å². The number of rotatable bonds is 2. The van der Waals surface area contributed by atoms with Crippen molar-refractivity contribution in [2.45, 2.75) is 13.3 Å². The van der Waals surface area contributed by atoms with Crippen LogP contribution >= 0.6 is 33.1 Å². The Kier molecular flexibility index (Phi) is 3.13. The highest BCUT2D eigenvalue weighted by molar-refractivity contribution is 7.52. The largest absolute Gasteiger partial charge is 0.463 e. The van der Waals surface area contributed by atoms with E-state index >= 15 is 0 Å². The Morgan fingerprint density at radius 2 is 1.77 bits per heavy atom. The normalized spacial score (nSPS) is 12.9. The third-order valence-electron chi connectivity index (χ3n) is 4.94. The lowest BCUT2D eigenvalue weighted by molar-refractivity contribution is 0.619. The van der Waals surface area contributed by atoms with Gasteiger partial charge in [0, 0.05) is 37.6 Å². The lowest BCUT2D eigenvalue weighted by Gasteiger charge is -1.94. The van der Waals surface area contributed by atoms with Crippen LogP contribution in [0.1, 0.15) is 11.8 Å². The van der Waals surface area contributed by atoms with Gasteiger partial charge in [-0.05, 0) is 30.7 Å². The van der Waals surface area contributed by atoms with Crippen molar-refractivity contribution in [3.8, 4) is 4.90 Å². The van der Waals surface area contributed by atoms with E-state index in [1.54, 1.807) is 6.26 Å². The molecule has 4 heterocycles. The molecule has 1 nitrogen and oxygen atoms in total. The zero-order chi connectivity index (χ0) is 17.3. The monoisotopic (exact) mass is 391 g/mol. The maximum absolute atomic E-state index is 5.78. The molecule has 126 valence electrons. The first-order chi connectivity index (χ1) is 12.8. The first kappa shape index (κ1) is 15.0. The summed E-state index contributed by atoms with van der Waals surface area (Å²) in [6.07, 6.45) is 2.91. The van der Waals surface area contributed by atoms with E-state index in [2.05, 4.69) is 61.5 Å². The fourth-order valence-corrected chi connectivity index (χ4v) is 8.66. The van der Waals surface area contributed by atoms with Gasteiger partial charge in [0.05, 0.1) is 16.3 Å². The SMILES string of the molecule is CCc1cc2c(s1)c1cc3sc4ccoc4c3cc1[s+]2-c1ccccc1. The molecule has 0 N–H and O–H groups in total. The number of hydrogen-bond acceptors (Lipinski definition) is 3. The van der Waals surface area contributed by atoms with Crippen LogP contribution in [0.4, 0.5) is 0 Å². The summed E-state index contributed by atoms with van der Waals surface area (Å²) in [5.41, 5.74) is 1.04. The third-order valence-corrected chi connectivity index (χ3v) is 9.76. The van der Waals surface area contributed by atoms with Crippen LogP contribution in [-0.4, -0.2) is 0 Å². The van der Waals surface area contributed by atoms with Crippen LogP contribution < -0.4 is 0 Å². The van der Waals surface area contributed by atoms with Crippen LogP contribution in [-0.2, 0) is 6.42 Å². The summed E-state index contributed by atoms with van der Waals surface area (Å²) in [4.78, 5) is 2.88. The first-order valence-corrected chi connectivity index (χ1v) is 11.6. The second-order valence-corrected chi connectivity index (χ2v) is 10.6. The smallest absolute Gasteiger partial charge is 0.198 e. The molecule has 0 fully saturated rings. The van der Waals surface area contributed by atoms with Crippen molar-refractivity contribution >= 4 is 73.0 Å². The highest BCUT2D eigenvalue weighted by atomic mass is 32.2. The van der Waals surface area contributed by atoms with E-state index in [-0.39, 0.29) is 10.5 Å². The molecule has 4 heteroatoms. The first-order valence-electron chi connectivity index (χ1n) is 8.69. The summed E-state index contributed by atoms with van der Waals surface area (Å²) in [6, 6.07) is 20.3. The number of fused-ring (bicyclic) bond motifs is 6. The average Bonchev–Trinajstić information content (AvgIpc) is 3.40. The summed E-state index contributed by atoms with van der Waals surface area (Å²) >= 11 is 3.80. The van der Waals surface area contributed by atoms with Crippen LogP contribution in [0.3, 0.4) is 0 Å². The van der Waals surface area contributed by atoms with E-state index in [0.29, 0.717) is 0 Å². The van der Waals surface area contributed by atoms with Crippen LogP contribution in [0.2, 0.25) is 0 Å². The van der Waals surface area contributed by atoms with Crippen molar-refractivity contribution in [2.24, 2.45) is 0 Å². The van der Waals surface area contributed by atoms with Crippen molar-refractivity contribution in [3.05, 3.63) is 65.7 Å². The van der Waals surface area contributed by atoms with Crippen LogP contribution in [0.5, 0.6) is 0 Å². The molecular formula is C22H15OS3+. The standard InChI is InChI=1S/C22H15OS3/c1-2-13-10-20-22(24-13)16-11-18-15(21-17(25-18)8-9-23-21)12-19(16)26(20)14-6-4-3-5-7-14/h3-12H,2H2,1H3/q+1. The molecular weight excluding hydrogens is 376 g/mol. The van der Waals surface area contributed by atoms with Crippen LogP contribution in [0, 0.1) is 0 Å². The molecule has 0 bridgehead atoms. The maximum Gasteiger partial charge on any atom is 0.198 e. The fourth-order valence-electron chi connectivity index (χ4n) is 3.73. The third kappa shape index (κ3) is 1.95. The predicted octanol–water partition coefficient (Wildman–Crippen LogP) is 8.32. The molecule has 0 aliphatic rings. The summed E-state index contributed by atoms with van der Waals surface area (Å²) in [5, 5.41) is 2.68. The second kappa shape index (κ2) is 5.43. The molecule has 6 aromatic rings. The van der Waals surface area contributed by atoms with Gasteiger partial charge >= 0.3 is 0 Å². The van der Waals surface area contributed by atoms with E-state index in [4.69, 9.17) is 4.42 Å². The molecule has 6 rings (SSSR count). The number of aryl methyl sites for hydroxylation is 1. The minimum atomic E-state index is -0.0189. The molecule has 0 radical (unpaired) electrons. The van der Waals surface area contributed by atoms with Crippen LogP contribution in [0.25, 0.3) is 44.8 Å². The van der Waals surface area contributed by atoms with Gasteiger partial charge in [0.15, 0.2) is 19.9 Å². The van der Waals surface area contributed by atoms with Crippen molar-refractivity contribution in [1.82, 2.24) is 0 Å². The highest BCUT2D eigenvalue weighted by Gasteiger charge is 2.27. The van der Waals surface area contributed by atoms with Crippen molar-refractivity contribution < 1.29 is 4.42 Å². The van der Waals surface area contributed by atoms with Crippen LogP contribution in [0.15, 0.2) is 65.3 Å². The quantitative estimate of drug-likeness (QED) is 0.270. The summed E-state index contributed by atoms with van der Waals surface area (Å²) in [7, 11) is -0.0189. The number of hydrogen-bond donors (Lipinski definition) is 0. The Morgan fingerprint density at radius 3 is 2.62 bits per heavy atom. The van der Waals surface area contributed by atoms with Gasteiger partial charge in [-0.1, -0.05) is 25.1 Å². The molecule has 0 spiro atoms. The van der Waals surface area contributed by atoms with Crippen molar-refractivity contribution in [3.63, 3.8) is 0 Å². The summed E-state index contributed by atoms with van der Waals surface area (Å²) in [5.74, 6) is 0. The molecule has 0 amide bonds. The highest BCUT2D eigenvalue weighted by Crippen LogP contribution is 2.53. The molecule has 1 atom stereocenters. The Hall–Kier alpha value is -2.14. The Morgan fingerprint density at radius 1 is 0.885 bits per heavy atom. The molecule has 0 aliphatic heterocycles. The summed E-state index contributed by atoms with van der Waals surface area (Å²) in [6.45, 7) is 2.25. The van der Waals surface area contributed by atoms with E-state index in [1.807, 2.05) is 22.7 Å². The molecule has 0 aliphatic carbocycles. The number of furan rings is 1. The second-order valence-electron chi connectivity index (χ2n) is 6.44. The van der Waals surface area contributed by atoms with Crippen molar-refractivity contribution in [2.75, 3.05) is 0 Å². The zero-order valence-corrected chi connectivity index (χ0v) is 16.6. The molecule has 1 unspecified atom stereocenters. The predicted molar refractivity (Wildman–Crippen MR) is 118 cm³/mol. The molecule has 4 aromatic heterocycles. The lowest BCUT2D eigenvalue weighted by Crippen LogP contribution is -1.71. The van der Waals surface area contributed by atoms with Gasteiger partial charge in [-0.15, -0.1) is 22.7 Å². The van der Waals surface area contributed by atoms with E-state index in [0.717, 1.165) is 12.0 Å².